The van der Waals surface area contributed by atoms with Crippen molar-refractivity contribution in [1.29, 1.82) is 0 Å². The number of ether oxygens (including phenoxy) is 3. The molecule has 1 N–H and O–H groups in total. The van der Waals surface area contributed by atoms with E-state index in [2.05, 4.69) is 0 Å². The maximum atomic E-state index is 13.9. The van der Waals surface area contributed by atoms with Crippen LogP contribution in [0.1, 0.15) is 28.8 Å². The first-order chi connectivity index (χ1) is 16.5. The highest BCUT2D eigenvalue weighted by molar-refractivity contribution is 5.97. The largest absolute Gasteiger partial charge is 0.489 e. The molecule has 174 valence electrons. The Morgan fingerprint density at radius 2 is 1.85 bits per heavy atom. The van der Waals surface area contributed by atoms with Crippen molar-refractivity contribution in [2.45, 2.75) is 25.5 Å². The van der Waals surface area contributed by atoms with Crippen LogP contribution >= 0.6 is 0 Å². The van der Waals surface area contributed by atoms with Gasteiger partial charge in [0.15, 0.2) is 11.6 Å². The first-order valence-electron chi connectivity index (χ1n) is 11.0. The molecule has 1 saturated heterocycles. The van der Waals surface area contributed by atoms with Crippen LogP contribution < -0.4 is 14.2 Å². The molecule has 7 nitrogen and oxygen atoms in total. The number of benzene rings is 3. The number of carbonyl (C=O) groups is 2. The van der Waals surface area contributed by atoms with Crippen molar-refractivity contribution in [2.75, 3.05) is 13.3 Å². The van der Waals surface area contributed by atoms with Gasteiger partial charge in [-0.05, 0) is 60.4 Å². The summed E-state index contributed by atoms with van der Waals surface area (Å²) in [5, 5.41) is 9.35. The van der Waals surface area contributed by atoms with Crippen molar-refractivity contribution in [3.05, 3.63) is 77.6 Å². The van der Waals surface area contributed by atoms with E-state index in [9.17, 15) is 19.1 Å². The normalized spacial score (nSPS) is 16.5. The Bertz CT molecular complexity index is 1240. The minimum absolute atomic E-state index is 0.0131. The van der Waals surface area contributed by atoms with Gasteiger partial charge in [0.2, 0.25) is 12.5 Å². The van der Waals surface area contributed by atoms with Crippen molar-refractivity contribution < 1.29 is 33.3 Å². The Kier molecular flexibility index (Phi) is 5.79. The third-order valence-corrected chi connectivity index (χ3v) is 6.01. The van der Waals surface area contributed by atoms with Gasteiger partial charge in [-0.25, -0.2) is 9.18 Å². The summed E-state index contributed by atoms with van der Waals surface area (Å²) < 4.78 is 30.4. The second kappa shape index (κ2) is 9.05. The monoisotopic (exact) mass is 463 g/mol. The number of carboxylic acid groups (broad SMARTS) is 1. The number of nitrogens with zero attached hydrogens (tertiary/aromatic N) is 1. The predicted octanol–water partition coefficient (Wildman–Crippen LogP) is 4.49. The number of carboxylic acids is 1. The SMILES string of the molecule is O=C(O)[C@@H]1CCCN1C(=O)c1cccc(COc2ccc(-c3ccc(F)c4c3OCO4)cc2)c1. The molecule has 2 aliphatic heterocycles. The Labute approximate surface area is 195 Å². The molecule has 3 aromatic carbocycles. The Balaban J connectivity index is 1.26. The van der Waals surface area contributed by atoms with E-state index >= 15 is 0 Å². The molecule has 0 aliphatic carbocycles. The van der Waals surface area contributed by atoms with Gasteiger partial charge in [0.05, 0.1) is 0 Å². The summed E-state index contributed by atoms with van der Waals surface area (Å²) in [5.41, 5.74) is 2.80. The van der Waals surface area contributed by atoms with Crippen molar-refractivity contribution in [3.63, 3.8) is 0 Å². The minimum Gasteiger partial charge on any atom is -0.489 e. The second-order valence-corrected chi connectivity index (χ2v) is 8.17. The number of rotatable bonds is 6. The molecule has 1 atom stereocenters. The summed E-state index contributed by atoms with van der Waals surface area (Å²) in [6.45, 7) is 0.670. The van der Waals surface area contributed by atoms with Gasteiger partial charge in [0.1, 0.15) is 18.4 Å². The molecule has 1 fully saturated rings. The third kappa shape index (κ3) is 4.14. The highest BCUT2D eigenvalue weighted by atomic mass is 19.1. The molecule has 0 bridgehead atoms. The van der Waals surface area contributed by atoms with Crippen LogP contribution in [0.3, 0.4) is 0 Å². The van der Waals surface area contributed by atoms with Crippen LogP contribution in [0.25, 0.3) is 11.1 Å². The van der Waals surface area contributed by atoms with E-state index in [1.54, 1.807) is 36.4 Å². The van der Waals surface area contributed by atoms with Crippen LogP contribution in [0, 0.1) is 5.82 Å². The molecule has 0 aromatic heterocycles. The molecule has 0 spiro atoms. The van der Waals surface area contributed by atoms with Gasteiger partial charge in [0.25, 0.3) is 5.91 Å². The molecule has 2 aliphatic rings. The fraction of sp³-hybridized carbons (Fsp3) is 0.231. The number of likely N-dealkylation sites (tertiary alicyclic amines) is 1. The zero-order valence-electron chi connectivity index (χ0n) is 18.2. The lowest BCUT2D eigenvalue weighted by molar-refractivity contribution is -0.141. The lowest BCUT2D eigenvalue weighted by atomic mass is 10.0. The highest BCUT2D eigenvalue weighted by Crippen LogP contribution is 2.43. The van der Waals surface area contributed by atoms with E-state index in [0.717, 1.165) is 16.7 Å². The maximum absolute atomic E-state index is 13.9. The summed E-state index contributed by atoms with van der Waals surface area (Å²) >= 11 is 0. The van der Waals surface area contributed by atoms with Crippen LogP contribution in [0.2, 0.25) is 0 Å². The molecule has 0 unspecified atom stereocenters. The molecule has 5 rings (SSSR count). The van der Waals surface area contributed by atoms with Gasteiger partial charge in [-0.3, -0.25) is 4.79 Å². The van der Waals surface area contributed by atoms with Crippen LogP contribution in [-0.4, -0.2) is 41.3 Å². The van der Waals surface area contributed by atoms with E-state index in [1.165, 1.54) is 11.0 Å². The fourth-order valence-electron chi connectivity index (χ4n) is 4.31. The van der Waals surface area contributed by atoms with Gasteiger partial charge in [-0.15, -0.1) is 0 Å². The Hall–Kier alpha value is -4.07. The van der Waals surface area contributed by atoms with Gasteiger partial charge in [-0.2, -0.15) is 0 Å². The molecule has 0 saturated carbocycles. The quantitative estimate of drug-likeness (QED) is 0.580. The van der Waals surface area contributed by atoms with E-state index in [0.29, 0.717) is 36.4 Å². The third-order valence-electron chi connectivity index (χ3n) is 6.01. The van der Waals surface area contributed by atoms with Crippen LogP contribution in [0.5, 0.6) is 17.2 Å². The lowest BCUT2D eigenvalue weighted by Gasteiger charge is -2.21. The number of hydrogen-bond acceptors (Lipinski definition) is 5. The number of hydrogen-bond donors (Lipinski definition) is 1. The fourth-order valence-corrected chi connectivity index (χ4v) is 4.31. The Morgan fingerprint density at radius 1 is 1.06 bits per heavy atom. The Morgan fingerprint density at radius 3 is 2.65 bits per heavy atom. The van der Waals surface area contributed by atoms with Crippen molar-refractivity contribution in [1.82, 2.24) is 4.90 Å². The van der Waals surface area contributed by atoms with Gasteiger partial charge in [0, 0.05) is 17.7 Å². The minimum atomic E-state index is -0.974. The topological polar surface area (TPSA) is 85.3 Å². The molecule has 0 radical (unpaired) electrons. The van der Waals surface area contributed by atoms with E-state index in [4.69, 9.17) is 14.2 Å². The van der Waals surface area contributed by atoms with Gasteiger partial charge in [-0.1, -0.05) is 24.3 Å². The molecule has 8 heteroatoms. The number of aliphatic carboxylic acids is 1. The molecule has 3 aromatic rings. The molecule has 2 heterocycles. The molecule has 1 amide bonds. The highest BCUT2D eigenvalue weighted by Gasteiger charge is 2.34. The van der Waals surface area contributed by atoms with Gasteiger partial charge < -0.3 is 24.2 Å². The first-order valence-corrected chi connectivity index (χ1v) is 11.0. The number of fused-ring (bicyclic) bond motifs is 1. The van der Waals surface area contributed by atoms with Crippen molar-refractivity contribution >= 4 is 11.9 Å². The average molecular weight is 463 g/mol. The van der Waals surface area contributed by atoms with Crippen LogP contribution in [0.4, 0.5) is 4.39 Å². The summed E-state index contributed by atoms with van der Waals surface area (Å²) in [6.07, 6.45) is 1.15. The van der Waals surface area contributed by atoms with Crippen LogP contribution in [0.15, 0.2) is 60.7 Å². The average Bonchev–Trinajstić information content (AvgIpc) is 3.54. The summed E-state index contributed by atoms with van der Waals surface area (Å²) in [6, 6.07) is 16.6. The molecular formula is C26H22FNO6. The van der Waals surface area contributed by atoms with E-state index in [-0.39, 0.29) is 25.1 Å². The number of carbonyl (C=O) groups excluding carboxylic acids is 1. The zero-order chi connectivity index (χ0) is 23.7. The summed E-state index contributed by atoms with van der Waals surface area (Å²) in [5.74, 6) is -0.580. The lowest BCUT2D eigenvalue weighted by Crippen LogP contribution is -2.40. The van der Waals surface area contributed by atoms with Crippen molar-refractivity contribution in [3.8, 4) is 28.4 Å². The first kappa shape index (κ1) is 21.8. The zero-order valence-corrected chi connectivity index (χ0v) is 18.2. The van der Waals surface area contributed by atoms with Gasteiger partial charge >= 0.3 is 5.97 Å². The number of amides is 1. The smallest absolute Gasteiger partial charge is 0.326 e. The van der Waals surface area contributed by atoms with Crippen molar-refractivity contribution in [2.24, 2.45) is 0 Å². The molecule has 34 heavy (non-hydrogen) atoms. The summed E-state index contributed by atoms with van der Waals surface area (Å²) in [7, 11) is 0. The maximum Gasteiger partial charge on any atom is 0.326 e. The van der Waals surface area contributed by atoms with E-state index in [1.807, 2.05) is 18.2 Å². The van der Waals surface area contributed by atoms with Crippen LogP contribution in [-0.2, 0) is 11.4 Å². The van der Waals surface area contributed by atoms with E-state index < -0.39 is 17.8 Å². The number of halogens is 1. The second-order valence-electron chi connectivity index (χ2n) is 8.17. The molecular weight excluding hydrogens is 441 g/mol. The summed E-state index contributed by atoms with van der Waals surface area (Å²) in [4.78, 5) is 25.7. The predicted molar refractivity (Wildman–Crippen MR) is 120 cm³/mol. The standard InChI is InChI=1S/C26H22FNO6/c27-21-11-10-20(23-24(21)34-15-33-23)17-6-8-19(9-7-17)32-14-16-3-1-4-18(13-16)25(29)28-12-2-5-22(28)26(30)31/h1,3-4,6-11,13,22H,2,5,12,14-15H2,(H,30,31)/t22-/m0/s1.